The van der Waals surface area contributed by atoms with Crippen molar-refractivity contribution in [2.75, 3.05) is 131 Å². The van der Waals surface area contributed by atoms with Gasteiger partial charge in [-0.25, -0.2) is 0 Å². The first kappa shape index (κ1) is 119. The number of aryl methyl sites for hydroxylation is 4. The van der Waals surface area contributed by atoms with Crippen LogP contribution in [0.25, 0.3) is 0 Å². The number of aromatic nitrogens is 10. The van der Waals surface area contributed by atoms with Crippen LogP contribution in [0, 0.1) is 27.7 Å². The van der Waals surface area contributed by atoms with E-state index >= 15 is 0 Å². The molecule has 0 saturated heterocycles. The zero-order valence-corrected chi connectivity index (χ0v) is 84.4. The summed E-state index contributed by atoms with van der Waals surface area (Å²) >= 11 is 37.6. The van der Waals surface area contributed by atoms with E-state index in [1.54, 1.807) is 42.5 Å². The van der Waals surface area contributed by atoms with Crippen molar-refractivity contribution in [1.29, 1.82) is 0 Å². The Morgan fingerprint density at radius 2 is 0.500 bits per heavy atom. The molecule has 10 rings (SSSR count). The fraction of sp³-hybridized carbons (Fsp3) is 0.468. The summed E-state index contributed by atoms with van der Waals surface area (Å²) in [5.41, 5.74) is 0.632. The van der Waals surface area contributed by atoms with Gasteiger partial charge in [-0.2, -0.15) is 91.3 Å². The van der Waals surface area contributed by atoms with Crippen molar-refractivity contribution in [3.63, 3.8) is 0 Å². The molecule has 25 nitrogen and oxygen atoms in total. The predicted octanol–water partition coefficient (Wildman–Crippen LogP) is 22.2. The number of benzene rings is 5. The number of hydrogen-bond donors (Lipinski definition) is 5. The molecule has 5 amide bonds. The summed E-state index contributed by atoms with van der Waals surface area (Å²) < 4.78 is 192. The molecule has 5 heterocycles. The van der Waals surface area contributed by atoms with Crippen LogP contribution in [0.2, 0.25) is 30.1 Å². The van der Waals surface area contributed by atoms with Crippen LogP contribution in [-0.4, -0.2) is 260 Å². The summed E-state index contributed by atoms with van der Waals surface area (Å²) in [6, 6.07) is 30.6. The zero-order chi connectivity index (χ0) is 104. The Balaban J connectivity index is 0.000000268. The third-order valence-electron chi connectivity index (χ3n) is 22.6. The molecule has 0 bridgehead atoms. The number of nitrogens with zero attached hydrogens (tertiary/aromatic N) is 15. The Kier molecular flexibility index (Phi) is 47.1. The van der Waals surface area contributed by atoms with E-state index in [0.717, 1.165) is 134 Å². The number of aromatic amines is 5. The van der Waals surface area contributed by atoms with Gasteiger partial charge in [0, 0.05) is 164 Å². The van der Waals surface area contributed by atoms with Crippen LogP contribution in [0.1, 0.15) is 200 Å². The standard InChI is InChI=1S/4C19H24ClF3N4O.C18H21Cl2F3N4O/c1-4-26(5-2)8-9-27(12-14-10-13(3)6-7-15(14)20)18(28)16-11-17(25-24-16)19(21,22)23;2*1-4-26(5-2)8-9-27(12-14-7-6-13(3)10-15(14)20)18(28)16-11-17(25-24-16)19(21,22)23;1-4-26(5-2)9-10-27(12-14-8-6-7-13(3)17(14)20)18(28)15-11-16(25-24-15)19(21,22)23;1-3-26(4-2)8-9-27(11-12-13(19)6-5-7-14(12)20)17(28)15-10-16(25-24-15)18(21,22)23/h3*6-7,10-11H,4-5,8-9,12H2,1-3H3,(H,24,25);6-8,11H,4-5,9-10,12H2,1-3H3,(H,24,25);5-7,10H,3-4,8-9,11H2,1-2H3,(H,24,25). The molecule has 5 aromatic carbocycles. The minimum Gasteiger partial charge on any atom is -0.332 e. The number of halogens is 21. The Labute approximate surface area is 834 Å². The molecule has 10 aromatic rings. The van der Waals surface area contributed by atoms with E-state index < -0.39 is 88.9 Å². The van der Waals surface area contributed by atoms with Crippen molar-refractivity contribution in [1.82, 2.24) is 100.0 Å². The highest BCUT2D eigenvalue weighted by atomic mass is 35.5. The van der Waals surface area contributed by atoms with Crippen molar-refractivity contribution >= 4 is 99.1 Å². The van der Waals surface area contributed by atoms with Crippen LogP contribution in [-0.2, 0) is 63.6 Å². The normalized spacial score (nSPS) is 11.9. The summed E-state index contributed by atoms with van der Waals surface area (Å²) in [7, 11) is 0. The fourth-order valence-corrected chi connectivity index (χ4v) is 15.3. The number of H-pyrrole nitrogens is 5. The van der Waals surface area contributed by atoms with Crippen LogP contribution >= 0.6 is 69.6 Å². The van der Waals surface area contributed by atoms with E-state index in [9.17, 15) is 89.8 Å². The molecule has 0 aliphatic rings. The van der Waals surface area contributed by atoms with Gasteiger partial charge in [-0.05, 0) is 162 Å². The first-order chi connectivity index (χ1) is 65.8. The van der Waals surface area contributed by atoms with Gasteiger partial charge in [0.1, 0.15) is 28.5 Å². The minimum atomic E-state index is -4.61. The summed E-state index contributed by atoms with van der Waals surface area (Å²) in [5, 5.41) is 30.1. The summed E-state index contributed by atoms with van der Waals surface area (Å²) in [6.45, 7) is 41.1. The SMILES string of the molecule is CCN(CC)CCN(Cc1c(Cl)cccc1Cl)C(=O)c1cc(C(F)(F)F)[nH]n1.CCN(CC)CCN(Cc1cc(C)ccc1Cl)C(=O)c1cc(C(F)(F)F)[nH]n1.CCN(CC)CCN(Cc1ccc(C)cc1Cl)C(=O)c1cc(C(F)(F)F)[nH]n1.CCN(CC)CCN(Cc1ccc(C)cc1Cl)C(=O)c1cc(C(F)(F)F)[nH]n1.CCN(CC)CCN(Cc1cccc(C)c1Cl)C(=O)c1cc(C(F)(F)F)[nH]n1. The number of likely N-dealkylation sites (N-methyl/N-ethyl adjacent to an activating group) is 5. The second-order valence-corrected chi connectivity index (χ2v) is 34.5. The van der Waals surface area contributed by atoms with Gasteiger partial charge in [0.2, 0.25) is 0 Å². The van der Waals surface area contributed by atoms with Gasteiger partial charge in [0.25, 0.3) is 29.5 Å². The van der Waals surface area contributed by atoms with Crippen molar-refractivity contribution in [2.24, 2.45) is 0 Å². The molecule has 0 spiro atoms. The number of carbonyl (C=O) groups is 5. The van der Waals surface area contributed by atoms with E-state index in [1.165, 1.54) is 24.5 Å². The molecular formula is C94H117Cl6F15N20O5. The monoisotopic (exact) mass is 2100 g/mol. The van der Waals surface area contributed by atoms with Crippen LogP contribution in [0.3, 0.4) is 0 Å². The first-order valence-electron chi connectivity index (χ1n) is 44.9. The fourth-order valence-electron chi connectivity index (χ4n) is 13.9. The largest absolute Gasteiger partial charge is 0.432 e. The number of carbonyl (C=O) groups excluding carboxylic acids is 5. The average molecular weight is 2100 g/mol. The third kappa shape index (κ3) is 36.7. The number of amides is 5. The molecule has 0 aliphatic heterocycles. The van der Waals surface area contributed by atoms with Gasteiger partial charge >= 0.3 is 30.9 Å². The van der Waals surface area contributed by atoms with Crippen LogP contribution in [0.15, 0.2) is 121 Å². The molecule has 0 saturated carbocycles. The molecule has 46 heteroatoms. The van der Waals surface area contributed by atoms with Gasteiger partial charge in [-0.15, -0.1) is 0 Å². The lowest BCUT2D eigenvalue weighted by atomic mass is 10.1. The molecule has 770 valence electrons. The van der Waals surface area contributed by atoms with Crippen molar-refractivity contribution < 1.29 is 89.8 Å². The van der Waals surface area contributed by atoms with Gasteiger partial charge in [0.05, 0.1) is 0 Å². The maximum atomic E-state index is 12.9. The van der Waals surface area contributed by atoms with Gasteiger partial charge in [-0.1, -0.05) is 205 Å². The Hall–Kier alpha value is -10.0. The number of alkyl halides is 15. The molecule has 0 radical (unpaired) electrons. The Bertz CT molecular complexity index is 5330. The number of rotatable bonds is 40. The molecule has 0 aliphatic carbocycles. The van der Waals surface area contributed by atoms with E-state index in [4.69, 9.17) is 69.6 Å². The van der Waals surface area contributed by atoms with Gasteiger partial charge < -0.3 is 49.0 Å². The molecule has 0 atom stereocenters. The van der Waals surface area contributed by atoms with E-state index in [2.05, 4.69) is 50.0 Å². The van der Waals surface area contributed by atoms with Crippen LogP contribution in [0.5, 0.6) is 0 Å². The van der Waals surface area contributed by atoms with Gasteiger partial charge in [-0.3, -0.25) is 49.5 Å². The molecular weight excluding hydrogens is 1990 g/mol. The lowest BCUT2D eigenvalue weighted by Crippen LogP contribution is -2.38. The molecule has 0 unspecified atom stereocenters. The highest BCUT2D eigenvalue weighted by Gasteiger charge is 2.40. The smallest absolute Gasteiger partial charge is 0.332 e. The Morgan fingerprint density at radius 1 is 0.264 bits per heavy atom. The maximum absolute atomic E-state index is 12.9. The van der Waals surface area contributed by atoms with Gasteiger partial charge in [0.15, 0.2) is 28.5 Å². The number of hydrogen-bond acceptors (Lipinski definition) is 15. The van der Waals surface area contributed by atoms with Crippen LogP contribution < -0.4 is 0 Å². The van der Waals surface area contributed by atoms with Crippen molar-refractivity contribution in [2.45, 2.75) is 161 Å². The topological polar surface area (TPSA) is 261 Å². The molecule has 5 aromatic heterocycles. The third-order valence-corrected chi connectivity index (χ3v) is 24.9. The zero-order valence-electron chi connectivity index (χ0n) is 79.9. The summed E-state index contributed by atoms with van der Waals surface area (Å²) in [6.07, 6.45) is -23.0. The van der Waals surface area contributed by atoms with Crippen LogP contribution in [0.4, 0.5) is 65.9 Å². The number of nitrogens with one attached hydrogen (secondary N) is 5. The molecule has 5 N–H and O–H groups in total. The van der Waals surface area contributed by atoms with E-state index in [0.29, 0.717) is 101 Å². The first-order valence-corrected chi connectivity index (χ1v) is 47.2. The van der Waals surface area contributed by atoms with E-state index in [-0.39, 0.29) is 67.7 Å². The van der Waals surface area contributed by atoms with Crippen molar-refractivity contribution in [3.05, 3.63) is 258 Å². The quantitative estimate of drug-likeness (QED) is 0.0224. The van der Waals surface area contributed by atoms with Crippen molar-refractivity contribution in [3.8, 4) is 0 Å². The lowest BCUT2D eigenvalue weighted by molar-refractivity contribution is -0.142. The second-order valence-electron chi connectivity index (χ2n) is 32.1. The summed E-state index contributed by atoms with van der Waals surface area (Å²) in [5.74, 6) is -2.92. The Morgan fingerprint density at radius 3 is 0.750 bits per heavy atom. The average Bonchev–Trinajstić information content (AvgIpc) is 1.68. The second kappa shape index (κ2) is 55.6. The van der Waals surface area contributed by atoms with E-state index in [1.807, 2.05) is 171 Å². The predicted molar refractivity (Wildman–Crippen MR) is 512 cm³/mol. The lowest BCUT2D eigenvalue weighted by Gasteiger charge is -2.26. The summed E-state index contributed by atoms with van der Waals surface area (Å²) in [4.78, 5) is 82.3. The minimum absolute atomic E-state index is 0.0623. The molecule has 140 heavy (non-hydrogen) atoms. The molecule has 0 fully saturated rings. The highest BCUT2D eigenvalue weighted by molar-refractivity contribution is 6.36. The maximum Gasteiger partial charge on any atom is 0.432 e. The highest BCUT2D eigenvalue weighted by Crippen LogP contribution is 2.36.